The van der Waals surface area contributed by atoms with E-state index in [1.54, 1.807) is 60.8 Å². The van der Waals surface area contributed by atoms with Crippen LogP contribution >= 0.6 is 0 Å². The number of anilines is 1. The number of carbonyl (C=O) groups excluding carboxylic acids is 3. The van der Waals surface area contributed by atoms with Crippen molar-refractivity contribution in [3.63, 3.8) is 0 Å². The number of benzene rings is 2. The third-order valence-corrected chi connectivity index (χ3v) is 5.56. The van der Waals surface area contributed by atoms with Crippen LogP contribution in [0.25, 0.3) is 5.76 Å². The third kappa shape index (κ3) is 4.32. The van der Waals surface area contributed by atoms with Gasteiger partial charge in [0.2, 0.25) is 0 Å². The SMILES string of the molecule is CCCOC(=O)c1ccc(N2C(=O)C(=O)/C(=C(/O)c3ccc(C)cc3)C2c2ccccn2)cc1. The average Bonchev–Trinajstić information content (AvgIpc) is 3.13. The van der Waals surface area contributed by atoms with E-state index < -0.39 is 23.7 Å². The number of amides is 1. The van der Waals surface area contributed by atoms with E-state index in [1.165, 1.54) is 4.90 Å². The molecule has 1 aliphatic rings. The predicted molar refractivity (Wildman–Crippen MR) is 127 cm³/mol. The smallest absolute Gasteiger partial charge is 0.338 e. The maximum absolute atomic E-state index is 13.2. The predicted octanol–water partition coefficient (Wildman–Crippen LogP) is 4.58. The lowest BCUT2D eigenvalue weighted by molar-refractivity contribution is -0.132. The molecule has 4 rings (SSSR count). The number of carbonyl (C=O) groups is 3. The summed E-state index contributed by atoms with van der Waals surface area (Å²) in [6.07, 6.45) is 2.27. The Bertz CT molecular complexity index is 1250. The topological polar surface area (TPSA) is 96.8 Å². The number of ketones is 1. The number of esters is 1. The van der Waals surface area contributed by atoms with Crippen LogP contribution in [0.1, 0.15) is 46.6 Å². The summed E-state index contributed by atoms with van der Waals surface area (Å²) in [4.78, 5) is 44.1. The number of nitrogens with zero attached hydrogens (tertiary/aromatic N) is 2. The molecule has 1 saturated heterocycles. The first-order valence-electron chi connectivity index (χ1n) is 11.0. The highest BCUT2D eigenvalue weighted by atomic mass is 16.5. The van der Waals surface area contributed by atoms with Gasteiger partial charge in [-0.1, -0.05) is 42.8 Å². The van der Waals surface area contributed by atoms with Crippen LogP contribution in [0.4, 0.5) is 5.69 Å². The number of aromatic nitrogens is 1. The quantitative estimate of drug-likeness (QED) is 0.252. The highest BCUT2D eigenvalue weighted by Crippen LogP contribution is 2.41. The number of Topliss-reactive ketones (excluding diaryl/α,β-unsaturated/α-hetero) is 1. The summed E-state index contributed by atoms with van der Waals surface area (Å²) in [6.45, 7) is 4.13. The number of aliphatic hydroxyl groups is 1. The second-order valence-electron chi connectivity index (χ2n) is 7.97. The first-order valence-corrected chi connectivity index (χ1v) is 11.0. The molecule has 2 aromatic carbocycles. The molecule has 0 spiro atoms. The van der Waals surface area contributed by atoms with Crippen molar-refractivity contribution in [2.75, 3.05) is 11.5 Å². The second-order valence-corrected chi connectivity index (χ2v) is 7.97. The van der Waals surface area contributed by atoms with E-state index in [2.05, 4.69) is 4.98 Å². The van der Waals surface area contributed by atoms with Gasteiger partial charge in [0.25, 0.3) is 11.7 Å². The Morgan fingerprint density at radius 3 is 2.29 bits per heavy atom. The number of hydrogen-bond donors (Lipinski definition) is 1. The molecule has 1 aromatic heterocycles. The van der Waals surface area contributed by atoms with Crippen LogP contribution < -0.4 is 4.90 Å². The van der Waals surface area contributed by atoms with Gasteiger partial charge >= 0.3 is 5.97 Å². The first kappa shape index (κ1) is 22.9. The van der Waals surface area contributed by atoms with Crippen LogP contribution in [0.2, 0.25) is 0 Å². The number of hydrogen-bond acceptors (Lipinski definition) is 6. The summed E-state index contributed by atoms with van der Waals surface area (Å²) in [6, 6.07) is 17.5. The molecule has 3 aromatic rings. The summed E-state index contributed by atoms with van der Waals surface area (Å²) in [7, 11) is 0. The number of rotatable bonds is 6. The molecule has 0 saturated carbocycles. The minimum atomic E-state index is -0.930. The van der Waals surface area contributed by atoms with Gasteiger partial charge in [0.1, 0.15) is 11.8 Å². The summed E-state index contributed by atoms with van der Waals surface area (Å²) < 4.78 is 5.15. The lowest BCUT2D eigenvalue weighted by Gasteiger charge is -2.24. The average molecular weight is 456 g/mol. The van der Waals surface area contributed by atoms with Gasteiger partial charge in [-0.05, 0) is 49.7 Å². The molecule has 0 radical (unpaired) electrons. The van der Waals surface area contributed by atoms with Crippen molar-refractivity contribution < 1.29 is 24.2 Å². The molecule has 1 atom stereocenters. The van der Waals surface area contributed by atoms with Crippen LogP contribution in [0, 0.1) is 6.92 Å². The van der Waals surface area contributed by atoms with E-state index in [9.17, 15) is 19.5 Å². The molecule has 1 amide bonds. The fourth-order valence-electron chi connectivity index (χ4n) is 3.82. The summed E-state index contributed by atoms with van der Waals surface area (Å²) in [5, 5.41) is 11.1. The Hall–Kier alpha value is -4.26. The zero-order valence-corrected chi connectivity index (χ0v) is 18.9. The maximum Gasteiger partial charge on any atom is 0.338 e. The lowest BCUT2D eigenvalue weighted by atomic mass is 9.97. The highest BCUT2D eigenvalue weighted by molar-refractivity contribution is 6.51. The number of pyridine rings is 1. The van der Waals surface area contributed by atoms with Crippen molar-refractivity contribution >= 4 is 29.1 Å². The van der Waals surface area contributed by atoms with Gasteiger partial charge in [0, 0.05) is 17.4 Å². The Morgan fingerprint density at radius 1 is 1.00 bits per heavy atom. The van der Waals surface area contributed by atoms with Crippen LogP contribution in [0.3, 0.4) is 0 Å². The molecule has 1 unspecified atom stereocenters. The van der Waals surface area contributed by atoms with E-state index in [0.717, 1.165) is 5.56 Å². The Balaban J connectivity index is 1.80. The molecular weight excluding hydrogens is 432 g/mol. The van der Waals surface area contributed by atoms with Gasteiger partial charge in [-0.25, -0.2) is 4.79 Å². The Kier molecular flexibility index (Phi) is 6.54. The second kappa shape index (κ2) is 9.70. The van der Waals surface area contributed by atoms with Crippen molar-refractivity contribution in [1.29, 1.82) is 0 Å². The summed E-state index contributed by atoms with van der Waals surface area (Å²) >= 11 is 0. The molecule has 1 fully saturated rings. The fourth-order valence-corrected chi connectivity index (χ4v) is 3.82. The van der Waals surface area contributed by atoms with Gasteiger partial charge in [-0.2, -0.15) is 0 Å². The normalized spacial score (nSPS) is 17.1. The molecule has 34 heavy (non-hydrogen) atoms. The van der Waals surface area contributed by atoms with E-state index in [0.29, 0.717) is 35.5 Å². The van der Waals surface area contributed by atoms with E-state index in [-0.39, 0.29) is 11.3 Å². The molecule has 172 valence electrons. The maximum atomic E-state index is 13.2. The monoisotopic (exact) mass is 456 g/mol. The highest BCUT2D eigenvalue weighted by Gasteiger charge is 2.47. The number of ether oxygens (including phenoxy) is 1. The van der Waals surface area contributed by atoms with Gasteiger partial charge in [0.05, 0.1) is 23.4 Å². The third-order valence-electron chi connectivity index (χ3n) is 5.56. The number of aliphatic hydroxyl groups excluding tert-OH is 1. The largest absolute Gasteiger partial charge is 0.507 e. The van der Waals surface area contributed by atoms with E-state index in [4.69, 9.17) is 4.74 Å². The minimum Gasteiger partial charge on any atom is -0.507 e. The zero-order valence-electron chi connectivity index (χ0n) is 18.9. The van der Waals surface area contributed by atoms with E-state index >= 15 is 0 Å². The van der Waals surface area contributed by atoms with Gasteiger partial charge < -0.3 is 9.84 Å². The summed E-state index contributed by atoms with van der Waals surface area (Å²) in [5.74, 6) is -2.32. The van der Waals surface area contributed by atoms with Crippen molar-refractivity contribution in [1.82, 2.24) is 4.98 Å². The summed E-state index contributed by atoms with van der Waals surface area (Å²) in [5.41, 5.74) is 2.55. The van der Waals surface area contributed by atoms with E-state index in [1.807, 2.05) is 26.0 Å². The van der Waals surface area contributed by atoms with Crippen LogP contribution in [0.15, 0.2) is 78.5 Å². The Labute approximate surface area is 197 Å². The van der Waals surface area contributed by atoms with Gasteiger partial charge in [0.15, 0.2) is 0 Å². The molecule has 7 nitrogen and oxygen atoms in total. The molecule has 7 heteroatoms. The van der Waals surface area contributed by atoms with Crippen LogP contribution in [0.5, 0.6) is 0 Å². The fraction of sp³-hybridized carbons (Fsp3) is 0.185. The van der Waals surface area contributed by atoms with Gasteiger partial charge in [-0.3, -0.25) is 19.5 Å². The first-order chi connectivity index (χ1) is 16.4. The van der Waals surface area contributed by atoms with Crippen LogP contribution in [-0.4, -0.2) is 34.4 Å². The molecule has 0 bridgehead atoms. The lowest BCUT2D eigenvalue weighted by Crippen LogP contribution is -2.29. The van der Waals surface area contributed by atoms with Gasteiger partial charge in [-0.15, -0.1) is 0 Å². The van der Waals surface area contributed by atoms with Crippen molar-refractivity contribution in [2.45, 2.75) is 26.3 Å². The van der Waals surface area contributed by atoms with Crippen molar-refractivity contribution in [3.8, 4) is 0 Å². The Morgan fingerprint density at radius 2 is 1.68 bits per heavy atom. The molecule has 1 aliphatic heterocycles. The number of aryl methyl sites for hydroxylation is 1. The van der Waals surface area contributed by atoms with Crippen molar-refractivity contribution in [2.24, 2.45) is 0 Å². The van der Waals surface area contributed by atoms with Crippen LogP contribution in [-0.2, 0) is 14.3 Å². The molecular formula is C27H24N2O5. The standard InChI is InChI=1S/C27H24N2O5/c1-3-16-34-27(33)19-11-13-20(14-12-19)29-23(21-6-4-5-15-28-21)22(25(31)26(29)32)24(30)18-9-7-17(2)8-10-18/h4-15,23,30H,3,16H2,1-2H3/b24-22+. The molecule has 1 N–H and O–H groups in total. The zero-order chi connectivity index (χ0) is 24.2. The van der Waals surface area contributed by atoms with Crippen molar-refractivity contribution in [3.05, 3.63) is 101 Å². The minimum absolute atomic E-state index is 0.0426. The molecule has 2 heterocycles. The molecule has 0 aliphatic carbocycles.